The maximum atomic E-state index is 11.1. The van der Waals surface area contributed by atoms with Crippen LogP contribution in [-0.4, -0.2) is 30.6 Å². The zero-order valence-electron chi connectivity index (χ0n) is 9.84. The van der Waals surface area contributed by atoms with Gasteiger partial charge >= 0.3 is 5.97 Å². The van der Waals surface area contributed by atoms with E-state index in [4.69, 9.17) is 14.7 Å². The number of carbonyl (C=O) groups is 1. The van der Waals surface area contributed by atoms with Gasteiger partial charge in [-0.2, -0.15) is 0 Å². The second kappa shape index (κ2) is 6.52. The van der Waals surface area contributed by atoms with E-state index in [0.29, 0.717) is 17.9 Å². The first-order valence-corrected chi connectivity index (χ1v) is 5.24. The summed E-state index contributed by atoms with van der Waals surface area (Å²) in [4.78, 5) is 11.1. The second-order valence-electron chi connectivity index (χ2n) is 3.38. The van der Waals surface area contributed by atoms with Crippen LogP contribution >= 0.6 is 0 Å². The highest BCUT2D eigenvalue weighted by Gasteiger charge is 2.06. The normalized spacial score (nSPS) is 10.5. The van der Waals surface area contributed by atoms with Crippen LogP contribution in [0.2, 0.25) is 0 Å². The van der Waals surface area contributed by atoms with Crippen LogP contribution in [0.1, 0.15) is 18.1 Å². The molecular formula is C12H15NO4. The smallest absolute Gasteiger partial charge is 0.344 e. The third-order valence-electron chi connectivity index (χ3n) is 2.02. The molecule has 0 atom stereocenters. The van der Waals surface area contributed by atoms with Crippen molar-refractivity contribution in [3.05, 3.63) is 29.3 Å². The Hall–Kier alpha value is -2.04. The van der Waals surface area contributed by atoms with Gasteiger partial charge in [-0.05, 0) is 31.5 Å². The summed E-state index contributed by atoms with van der Waals surface area (Å²) in [6, 6.07) is 5.36. The zero-order valence-corrected chi connectivity index (χ0v) is 9.84. The molecule has 0 fully saturated rings. The van der Waals surface area contributed by atoms with Gasteiger partial charge in [0, 0.05) is 5.56 Å². The summed E-state index contributed by atoms with van der Waals surface area (Å²) in [5.74, 6) is 0.0525. The van der Waals surface area contributed by atoms with Crippen molar-refractivity contribution in [1.29, 1.82) is 0 Å². The molecule has 0 heterocycles. The van der Waals surface area contributed by atoms with Crippen molar-refractivity contribution in [2.75, 3.05) is 13.2 Å². The van der Waals surface area contributed by atoms with E-state index in [0.717, 1.165) is 5.56 Å². The van der Waals surface area contributed by atoms with Crippen molar-refractivity contribution in [3.8, 4) is 5.75 Å². The minimum Gasteiger partial charge on any atom is -0.481 e. The summed E-state index contributed by atoms with van der Waals surface area (Å²) in [6.07, 6.45) is 1.25. The number of nitrogens with zero attached hydrogens (tertiary/aromatic N) is 1. The molecule has 5 nitrogen and oxygen atoms in total. The highest BCUT2D eigenvalue weighted by atomic mass is 16.6. The molecular weight excluding hydrogens is 222 g/mol. The number of aryl methyl sites for hydroxylation is 1. The summed E-state index contributed by atoms with van der Waals surface area (Å²) in [5, 5.41) is 11.4. The van der Waals surface area contributed by atoms with Gasteiger partial charge < -0.3 is 14.7 Å². The second-order valence-corrected chi connectivity index (χ2v) is 3.38. The number of rotatable bonds is 5. The molecule has 0 aliphatic carbocycles. The standard InChI is InChI=1S/C12H15NO4/c1-3-16-12(14)8-17-11-6-9(2)4-5-10(11)7-13-15/h4-7,15H,3,8H2,1-2H3/b13-7+. The lowest BCUT2D eigenvalue weighted by Crippen LogP contribution is -2.15. The van der Waals surface area contributed by atoms with Crippen LogP contribution in [-0.2, 0) is 9.53 Å². The van der Waals surface area contributed by atoms with Crippen molar-refractivity contribution in [1.82, 2.24) is 0 Å². The first-order valence-electron chi connectivity index (χ1n) is 5.24. The van der Waals surface area contributed by atoms with E-state index in [1.165, 1.54) is 6.21 Å². The third kappa shape index (κ3) is 4.14. The lowest BCUT2D eigenvalue weighted by molar-refractivity contribution is -0.145. The molecule has 0 bridgehead atoms. The van der Waals surface area contributed by atoms with Crippen molar-refractivity contribution in [3.63, 3.8) is 0 Å². The van der Waals surface area contributed by atoms with Gasteiger partial charge in [-0.25, -0.2) is 4.79 Å². The van der Waals surface area contributed by atoms with Crippen molar-refractivity contribution in [2.45, 2.75) is 13.8 Å². The van der Waals surface area contributed by atoms with E-state index in [9.17, 15) is 4.79 Å². The Morgan fingerprint density at radius 1 is 1.53 bits per heavy atom. The predicted octanol–water partition coefficient (Wildman–Crippen LogP) is 1.75. The van der Waals surface area contributed by atoms with Crippen LogP contribution in [0.5, 0.6) is 5.75 Å². The zero-order chi connectivity index (χ0) is 12.7. The molecule has 0 aromatic heterocycles. The summed E-state index contributed by atoms with van der Waals surface area (Å²) in [6.45, 7) is 3.79. The summed E-state index contributed by atoms with van der Waals surface area (Å²) < 4.78 is 10.1. The molecule has 1 aromatic rings. The Kier molecular flexibility index (Phi) is 5.00. The van der Waals surface area contributed by atoms with E-state index < -0.39 is 5.97 Å². The van der Waals surface area contributed by atoms with Gasteiger partial charge in [-0.15, -0.1) is 0 Å². The number of hydrogen-bond donors (Lipinski definition) is 1. The molecule has 0 saturated heterocycles. The number of oxime groups is 1. The van der Waals surface area contributed by atoms with Crippen molar-refractivity contribution in [2.24, 2.45) is 5.16 Å². The molecule has 5 heteroatoms. The predicted molar refractivity (Wildman–Crippen MR) is 62.7 cm³/mol. The molecule has 0 aliphatic heterocycles. The fraction of sp³-hybridized carbons (Fsp3) is 0.333. The molecule has 17 heavy (non-hydrogen) atoms. The monoisotopic (exact) mass is 237 g/mol. The Bertz CT molecular complexity index is 415. The van der Waals surface area contributed by atoms with E-state index >= 15 is 0 Å². The fourth-order valence-corrected chi connectivity index (χ4v) is 1.27. The molecule has 0 aliphatic rings. The largest absolute Gasteiger partial charge is 0.481 e. The van der Waals surface area contributed by atoms with Crippen LogP contribution in [0, 0.1) is 6.92 Å². The molecule has 0 amide bonds. The fourth-order valence-electron chi connectivity index (χ4n) is 1.27. The number of ether oxygens (including phenoxy) is 2. The maximum absolute atomic E-state index is 11.1. The Labute approximate surface area is 99.7 Å². The lowest BCUT2D eigenvalue weighted by atomic mass is 10.1. The highest BCUT2D eigenvalue weighted by Crippen LogP contribution is 2.18. The van der Waals surface area contributed by atoms with Gasteiger partial charge in [0.2, 0.25) is 0 Å². The Morgan fingerprint density at radius 2 is 2.29 bits per heavy atom. The Morgan fingerprint density at radius 3 is 2.94 bits per heavy atom. The molecule has 1 rings (SSSR count). The summed E-state index contributed by atoms with van der Waals surface area (Å²) in [5.41, 5.74) is 1.58. The molecule has 92 valence electrons. The molecule has 0 saturated carbocycles. The molecule has 1 aromatic carbocycles. The average Bonchev–Trinajstić information content (AvgIpc) is 2.30. The molecule has 0 spiro atoms. The molecule has 0 unspecified atom stereocenters. The highest BCUT2D eigenvalue weighted by molar-refractivity contribution is 5.83. The van der Waals surface area contributed by atoms with E-state index in [1.54, 1.807) is 19.1 Å². The van der Waals surface area contributed by atoms with Gasteiger partial charge in [0.25, 0.3) is 0 Å². The van der Waals surface area contributed by atoms with Crippen LogP contribution in [0.4, 0.5) is 0 Å². The number of carbonyl (C=O) groups excluding carboxylic acids is 1. The summed E-state index contributed by atoms with van der Waals surface area (Å²) >= 11 is 0. The van der Waals surface area contributed by atoms with Crippen LogP contribution < -0.4 is 4.74 Å². The van der Waals surface area contributed by atoms with Crippen molar-refractivity contribution < 1.29 is 19.5 Å². The minimum atomic E-state index is -0.430. The first kappa shape index (κ1) is 13.0. The van der Waals surface area contributed by atoms with Crippen LogP contribution in [0.15, 0.2) is 23.4 Å². The number of benzene rings is 1. The quantitative estimate of drug-likeness (QED) is 0.366. The topological polar surface area (TPSA) is 68.1 Å². The first-order chi connectivity index (χ1) is 8.17. The lowest BCUT2D eigenvalue weighted by Gasteiger charge is -2.09. The van der Waals surface area contributed by atoms with Gasteiger partial charge in [-0.1, -0.05) is 11.2 Å². The minimum absolute atomic E-state index is 0.163. The van der Waals surface area contributed by atoms with Gasteiger partial charge in [0.05, 0.1) is 12.8 Å². The number of hydrogen-bond acceptors (Lipinski definition) is 5. The molecule has 0 radical (unpaired) electrons. The van der Waals surface area contributed by atoms with E-state index in [1.807, 2.05) is 13.0 Å². The Balaban J connectivity index is 2.74. The van der Waals surface area contributed by atoms with Gasteiger partial charge in [0.1, 0.15) is 5.75 Å². The van der Waals surface area contributed by atoms with Crippen LogP contribution in [0.3, 0.4) is 0 Å². The third-order valence-corrected chi connectivity index (χ3v) is 2.02. The number of esters is 1. The van der Waals surface area contributed by atoms with Gasteiger partial charge in [0.15, 0.2) is 6.61 Å². The van der Waals surface area contributed by atoms with Crippen molar-refractivity contribution >= 4 is 12.2 Å². The van der Waals surface area contributed by atoms with E-state index in [2.05, 4.69) is 5.16 Å². The summed E-state index contributed by atoms with van der Waals surface area (Å²) in [7, 11) is 0. The molecule has 1 N–H and O–H groups in total. The van der Waals surface area contributed by atoms with Crippen LogP contribution in [0.25, 0.3) is 0 Å². The maximum Gasteiger partial charge on any atom is 0.344 e. The average molecular weight is 237 g/mol. The SMILES string of the molecule is CCOC(=O)COc1cc(C)ccc1/C=N/O. The van der Waals surface area contributed by atoms with Gasteiger partial charge in [-0.3, -0.25) is 0 Å². The van der Waals surface area contributed by atoms with E-state index in [-0.39, 0.29) is 6.61 Å².